The van der Waals surface area contributed by atoms with E-state index >= 15 is 0 Å². The second-order valence-corrected chi connectivity index (χ2v) is 7.51. The van der Waals surface area contributed by atoms with Gasteiger partial charge in [0, 0.05) is 18.9 Å². The van der Waals surface area contributed by atoms with Crippen molar-refractivity contribution in [3.63, 3.8) is 0 Å². The van der Waals surface area contributed by atoms with Gasteiger partial charge in [-0.3, -0.25) is 4.79 Å². The molecule has 2 aromatic rings. The molecule has 0 aliphatic heterocycles. The number of rotatable bonds is 5. The van der Waals surface area contributed by atoms with E-state index < -0.39 is 39.4 Å². The number of nitrogens with zero attached hydrogens (tertiary/aromatic N) is 2. The van der Waals surface area contributed by atoms with Gasteiger partial charge in [0.15, 0.2) is 0 Å². The van der Waals surface area contributed by atoms with Gasteiger partial charge in [-0.25, -0.2) is 17.5 Å². The average molecular weight is 418 g/mol. The van der Waals surface area contributed by atoms with E-state index in [9.17, 15) is 30.8 Å². The summed E-state index contributed by atoms with van der Waals surface area (Å²) in [6, 6.07) is 4.88. The summed E-state index contributed by atoms with van der Waals surface area (Å²) in [5, 5.41) is 11.2. The number of aromatic nitrogens is 1. The summed E-state index contributed by atoms with van der Waals surface area (Å²) >= 11 is 0. The zero-order valence-electron chi connectivity index (χ0n) is 14.6. The number of amides is 1. The Morgan fingerprint density at radius 1 is 1.32 bits per heavy atom. The fourth-order valence-corrected chi connectivity index (χ4v) is 3.76. The van der Waals surface area contributed by atoms with Gasteiger partial charge in [0.25, 0.3) is 5.91 Å². The van der Waals surface area contributed by atoms with Crippen molar-refractivity contribution in [2.24, 2.45) is 7.05 Å². The normalized spacial score (nSPS) is 11.9. The van der Waals surface area contributed by atoms with Gasteiger partial charge < -0.3 is 9.88 Å². The van der Waals surface area contributed by atoms with E-state index in [1.165, 1.54) is 24.8 Å². The third-order valence-electron chi connectivity index (χ3n) is 3.70. The van der Waals surface area contributed by atoms with Crippen molar-refractivity contribution >= 4 is 21.6 Å². The minimum Gasteiger partial charge on any atom is -0.345 e. The van der Waals surface area contributed by atoms with Crippen LogP contribution in [-0.4, -0.2) is 31.6 Å². The summed E-state index contributed by atoms with van der Waals surface area (Å²) in [7, 11) is -3.17. The lowest BCUT2D eigenvalue weighted by atomic mass is 10.2. The van der Waals surface area contributed by atoms with Crippen LogP contribution < -0.4 is 10.0 Å². The topological polar surface area (TPSA) is 104 Å². The smallest absolute Gasteiger partial charge is 0.345 e. The molecule has 7 nitrogen and oxygen atoms in total. The lowest BCUT2D eigenvalue weighted by Crippen LogP contribution is -2.33. The van der Waals surface area contributed by atoms with Crippen molar-refractivity contribution in [3.8, 4) is 6.07 Å². The number of hydrogen-bond acceptors (Lipinski definition) is 4. The molecule has 0 saturated carbocycles. The summed E-state index contributed by atoms with van der Waals surface area (Å²) in [5.74, 6) is -1.56. The van der Waals surface area contributed by atoms with Crippen molar-refractivity contribution in [3.05, 3.63) is 47.0 Å². The quantitative estimate of drug-likeness (QED) is 0.728. The molecule has 28 heavy (non-hydrogen) atoms. The van der Waals surface area contributed by atoms with Crippen molar-refractivity contribution in [1.82, 2.24) is 9.29 Å². The number of nitriles is 1. The van der Waals surface area contributed by atoms with E-state index in [1.54, 1.807) is 6.07 Å². The number of sulfonamides is 1. The number of hydrogen-bond donors (Lipinski definition) is 2. The van der Waals surface area contributed by atoms with Gasteiger partial charge in [-0.2, -0.15) is 18.4 Å². The molecule has 0 aliphatic carbocycles. The Kier molecular flexibility index (Phi) is 5.81. The maximum atomic E-state index is 13.4. The average Bonchev–Trinajstić information content (AvgIpc) is 2.89. The van der Waals surface area contributed by atoms with Crippen LogP contribution in [0.25, 0.3) is 0 Å². The number of carbonyl (C=O) groups is 1. The second kappa shape index (κ2) is 7.61. The molecule has 1 aromatic carbocycles. The fraction of sp³-hybridized carbons (Fsp3) is 0.250. The minimum atomic E-state index is -4.74. The zero-order chi connectivity index (χ0) is 21.3. The number of anilines is 1. The SMILES string of the molecule is Cc1c(S(=O)(=O)NCC(F)(F)F)cn(C)c1C(=O)Nc1ccc(F)c(C#N)c1. The van der Waals surface area contributed by atoms with Gasteiger partial charge in [-0.15, -0.1) is 0 Å². The van der Waals surface area contributed by atoms with E-state index in [1.807, 2.05) is 0 Å². The molecule has 1 amide bonds. The van der Waals surface area contributed by atoms with Gasteiger partial charge in [-0.1, -0.05) is 0 Å². The molecule has 2 N–H and O–H groups in total. The van der Waals surface area contributed by atoms with E-state index in [0.717, 1.165) is 22.9 Å². The minimum absolute atomic E-state index is 0.0720. The van der Waals surface area contributed by atoms with Crippen molar-refractivity contribution in [2.45, 2.75) is 18.0 Å². The molecule has 12 heteroatoms. The number of aryl methyl sites for hydroxylation is 1. The van der Waals surface area contributed by atoms with E-state index in [4.69, 9.17) is 5.26 Å². The fourth-order valence-electron chi connectivity index (χ4n) is 2.45. The van der Waals surface area contributed by atoms with Gasteiger partial charge in [0.2, 0.25) is 10.0 Å². The van der Waals surface area contributed by atoms with Crippen LogP contribution in [0.3, 0.4) is 0 Å². The summed E-state index contributed by atoms with van der Waals surface area (Å²) < 4.78 is 77.1. The molecule has 0 fully saturated rings. The third kappa shape index (κ3) is 4.68. The van der Waals surface area contributed by atoms with Crippen LogP contribution >= 0.6 is 0 Å². The molecular weight excluding hydrogens is 404 g/mol. The first-order valence-electron chi connectivity index (χ1n) is 7.59. The number of benzene rings is 1. The number of nitrogens with one attached hydrogen (secondary N) is 2. The third-order valence-corrected chi connectivity index (χ3v) is 5.22. The number of alkyl halides is 3. The van der Waals surface area contributed by atoms with Gasteiger partial charge in [-0.05, 0) is 30.7 Å². The maximum absolute atomic E-state index is 13.4. The van der Waals surface area contributed by atoms with Gasteiger partial charge in [0.1, 0.15) is 29.0 Å². The molecule has 1 heterocycles. The Morgan fingerprint density at radius 3 is 2.54 bits per heavy atom. The molecule has 1 aromatic heterocycles. The molecular formula is C16H14F4N4O3S. The highest BCUT2D eigenvalue weighted by Crippen LogP contribution is 2.23. The Balaban J connectivity index is 2.33. The molecule has 0 bridgehead atoms. The molecule has 150 valence electrons. The molecule has 2 rings (SSSR count). The van der Waals surface area contributed by atoms with E-state index in [-0.39, 0.29) is 22.5 Å². The molecule has 0 unspecified atom stereocenters. The zero-order valence-corrected chi connectivity index (χ0v) is 15.4. The molecule has 0 atom stereocenters. The Hall–Kier alpha value is -2.91. The predicted molar refractivity (Wildman–Crippen MR) is 90.5 cm³/mol. The van der Waals surface area contributed by atoms with Crippen LogP contribution in [0.4, 0.5) is 23.2 Å². The van der Waals surface area contributed by atoms with Crippen molar-refractivity contribution < 1.29 is 30.8 Å². The Morgan fingerprint density at radius 2 is 1.96 bits per heavy atom. The van der Waals surface area contributed by atoms with Crippen molar-refractivity contribution in [1.29, 1.82) is 5.26 Å². The molecule has 0 aliphatic rings. The monoisotopic (exact) mass is 418 g/mol. The van der Waals surface area contributed by atoms with Crippen LogP contribution in [0.2, 0.25) is 0 Å². The highest BCUT2D eigenvalue weighted by Gasteiger charge is 2.32. The van der Waals surface area contributed by atoms with E-state index in [2.05, 4.69) is 5.32 Å². The highest BCUT2D eigenvalue weighted by molar-refractivity contribution is 7.89. The second-order valence-electron chi connectivity index (χ2n) is 5.78. The number of halogens is 4. The summed E-state index contributed by atoms with van der Waals surface area (Å²) in [4.78, 5) is 12.0. The first-order valence-corrected chi connectivity index (χ1v) is 9.07. The summed E-state index contributed by atoms with van der Waals surface area (Å²) in [6.45, 7) is -0.486. The summed E-state index contributed by atoms with van der Waals surface area (Å²) in [5.41, 5.74) is -0.420. The van der Waals surface area contributed by atoms with Crippen LogP contribution in [-0.2, 0) is 17.1 Å². The maximum Gasteiger partial charge on any atom is 0.402 e. The van der Waals surface area contributed by atoms with Crippen LogP contribution in [0.5, 0.6) is 0 Å². The van der Waals surface area contributed by atoms with Crippen LogP contribution in [0.15, 0.2) is 29.3 Å². The van der Waals surface area contributed by atoms with Crippen LogP contribution in [0, 0.1) is 24.1 Å². The number of carbonyl (C=O) groups excluding carboxylic acids is 1. The van der Waals surface area contributed by atoms with Crippen LogP contribution in [0.1, 0.15) is 21.6 Å². The molecule has 0 radical (unpaired) electrons. The molecule has 0 spiro atoms. The lowest BCUT2D eigenvalue weighted by molar-refractivity contribution is -0.121. The predicted octanol–water partition coefficient (Wildman–Crippen LogP) is 2.44. The lowest BCUT2D eigenvalue weighted by Gasteiger charge is -2.09. The Bertz CT molecular complexity index is 1070. The summed E-state index contributed by atoms with van der Waals surface area (Å²) in [6.07, 6.45) is -3.73. The Labute approximate surface area is 157 Å². The van der Waals surface area contributed by atoms with E-state index in [0.29, 0.717) is 0 Å². The van der Waals surface area contributed by atoms with Gasteiger partial charge >= 0.3 is 6.18 Å². The largest absolute Gasteiger partial charge is 0.402 e. The first-order chi connectivity index (χ1) is 12.9. The molecule has 0 saturated heterocycles. The van der Waals surface area contributed by atoms with Gasteiger partial charge in [0.05, 0.1) is 5.56 Å². The highest BCUT2D eigenvalue weighted by atomic mass is 32.2. The van der Waals surface area contributed by atoms with Crippen molar-refractivity contribution in [2.75, 3.05) is 11.9 Å². The first kappa shape index (κ1) is 21.4. The standard InChI is InChI=1S/C16H14F4N4O3S/c1-9-13(28(26,27)22-8-16(18,19)20)7-24(2)14(9)15(25)23-11-3-4-12(17)10(5-11)6-21/h3-5,7,22H,8H2,1-2H3,(H,23,25).